The number of rotatable bonds is 7. The van der Waals surface area contributed by atoms with Crippen LogP contribution in [0.1, 0.15) is 32.8 Å². The number of hydrogen-bond donors (Lipinski definition) is 0. The van der Waals surface area contributed by atoms with Crippen LogP contribution in [-0.2, 0) is 16.0 Å². The number of allylic oxidation sites excluding steroid dienone is 3. The first-order valence-corrected chi connectivity index (χ1v) is 7.02. The highest BCUT2D eigenvalue weighted by Crippen LogP contribution is 2.22. The van der Waals surface area contributed by atoms with Gasteiger partial charge in [-0.25, -0.2) is 0 Å². The molecule has 1 aromatic rings. The van der Waals surface area contributed by atoms with Gasteiger partial charge in [-0.1, -0.05) is 68.5 Å². The zero-order chi connectivity index (χ0) is 14.8. The van der Waals surface area contributed by atoms with E-state index in [4.69, 9.17) is 4.74 Å². The number of esters is 1. The van der Waals surface area contributed by atoms with E-state index >= 15 is 0 Å². The average molecular weight is 272 g/mol. The normalized spacial score (nSPS) is 12.2. The summed E-state index contributed by atoms with van der Waals surface area (Å²) in [5.41, 5.74) is 1.08. The molecule has 0 bridgehead atoms. The third-order valence-electron chi connectivity index (χ3n) is 2.98. The second-order valence-corrected chi connectivity index (χ2v) is 5.51. The standard InChI is InChI=1S/C18H24O2/c1-4-5-12-18(2,3)13-9-14-20-17(19)15-16-10-7-6-8-11-16/h4-11,13H,12,14-15H2,1-3H3/b5-4+,13-9+. The maximum atomic E-state index is 11.6. The van der Waals surface area contributed by atoms with Gasteiger partial charge in [-0.3, -0.25) is 4.79 Å². The van der Waals surface area contributed by atoms with Gasteiger partial charge in [-0.2, -0.15) is 0 Å². The van der Waals surface area contributed by atoms with Crippen molar-refractivity contribution in [2.45, 2.75) is 33.6 Å². The molecular formula is C18H24O2. The summed E-state index contributed by atoms with van der Waals surface area (Å²) in [5.74, 6) is -0.188. The highest BCUT2D eigenvalue weighted by atomic mass is 16.5. The van der Waals surface area contributed by atoms with Crippen molar-refractivity contribution in [3.05, 3.63) is 60.2 Å². The first-order valence-electron chi connectivity index (χ1n) is 7.02. The molecule has 0 amide bonds. The van der Waals surface area contributed by atoms with Gasteiger partial charge in [0.1, 0.15) is 6.61 Å². The quantitative estimate of drug-likeness (QED) is 0.546. The molecule has 0 N–H and O–H groups in total. The molecule has 1 rings (SSSR count). The van der Waals surface area contributed by atoms with Crippen LogP contribution < -0.4 is 0 Å². The minimum atomic E-state index is -0.188. The molecule has 0 spiro atoms. The SMILES string of the molecule is C/C=C/CC(C)(C)/C=C/COC(=O)Cc1ccccc1. The molecule has 0 saturated carbocycles. The van der Waals surface area contributed by atoms with Crippen LogP contribution in [0.15, 0.2) is 54.6 Å². The summed E-state index contributed by atoms with van der Waals surface area (Å²) in [6.45, 7) is 6.68. The van der Waals surface area contributed by atoms with Gasteiger partial charge in [0, 0.05) is 0 Å². The van der Waals surface area contributed by atoms with Gasteiger partial charge >= 0.3 is 5.97 Å². The fraction of sp³-hybridized carbons (Fsp3) is 0.389. The van der Waals surface area contributed by atoms with Crippen molar-refractivity contribution in [1.82, 2.24) is 0 Å². The van der Waals surface area contributed by atoms with E-state index in [1.165, 1.54) is 0 Å². The van der Waals surface area contributed by atoms with Gasteiger partial charge in [0.05, 0.1) is 6.42 Å². The Kier molecular flexibility index (Phi) is 6.78. The Morgan fingerprint density at radius 3 is 2.55 bits per heavy atom. The molecule has 0 unspecified atom stereocenters. The third-order valence-corrected chi connectivity index (χ3v) is 2.98. The molecular weight excluding hydrogens is 248 g/mol. The molecule has 0 heterocycles. The minimum Gasteiger partial charge on any atom is -0.461 e. The van der Waals surface area contributed by atoms with Crippen LogP contribution >= 0.6 is 0 Å². The summed E-state index contributed by atoms with van der Waals surface area (Å²) in [4.78, 5) is 11.6. The van der Waals surface area contributed by atoms with E-state index in [1.807, 2.05) is 43.3 Å². The molecule has 1 aromatic carbocycles. The predicted octanol–water partition coefficient (Wildman–Crippen LogP) is 4.32. The lowest BCUT2D eigenvalue weighted by molar-refractivity contribution is -0.141. The molecule has 108 valence electrons. The van der Waals surface area contributed by atoms with Gasteiger partial charge in [-0.05, 0) is 24.3 Å². The van der Waals surface area contributed by atoms with Gasteiger partial charge < -0.3 is 4.74 Å². The van der Waals surface area contributed by atoms with E-state index in [2.05, 4.69) is 32.1 Å². The van der Waals surface area contributed by atoms with Gasteiger partial charge in [0.25, 0.3) is 0 Å². The fourth-order valence-electron chi connectivity index (χ4n) is 1.81. The van der Waals surface area contributed by atoms with E-state index in [9.17, 15) is 4.79 Å². The van der Waals surface area contributed by atoms with Gasteiger partial charge in [0.2, 0.25) is 0 Å². The van der Waals surface area contributed by atoms with E-state index in [0.717, 1.165) is 12.0 Å². The number of ether oxygens (including phenoxy) is 1. The monoisotopic (exact) mass is 272 g/mol. The molecule has 0 aliphatic carbocycles. The number of carbonyl (C=O) groups is 1. The largest absolute Gasteiger partial charge is 0.461 e. The summed E-state index contributed by atoms with van der Waals surface area (Å²) in [6, 6.07) is 9.64. The Morgan fingerprint density at radius 1 is 1.20 bits per heavy atom. The molecule has 0 aliphatic rings. The molecule has 0 fully saturated rings. The van der Waals surface area contributed by atoms with Crippen LogP contribution in [0.5, 0.6) is 0 Å². The molecule has 0 radical (unpaired) electrons. The van der Waals surface area contributed by atoms with Crippen molar-refractivity contribution in [1.29, 1.82) is 0 Å². The molecule has 2 nitrogen and oxygen atoms in total. The number of benzene rings is 1. The first-order chi connectivity index (χ1) is 9.53. The van der Waals surface area contributed by atoms with Crippen molar-refractivity contribution < 1.29 is 9.53 Å². The summed E-state index contributed by atoms with van der Waals surface area (Å²) in [5, 5.41) is 0. The molecule has 2 heteroatoms. The molecule has 0 aromatic heterocycles. The van der Waals surface area contributed by atoms with Crippen molar-refractivity contribution in [2.24, 2.45) is 5.41 Å². The van der Waals surface area contributed by atoms with Crippen LogP contribution in [0.2, 0.25) is 0 Å². The molecule has 20 heavy (non-hydrogen) atoms. The Morgan fingerprint density at radius 2 is 1.90 bits per heavy atom. The minimum absolute atomic E-state index is 0.0956. The van der Waals surface area contributed by atoms with Gasteiger partial charge in [-0.15, -0.1) is 0 Å². The zero-order valence-electron chi connectivity index (χ0n) is 12.6. The molecule has 0 saturated heterocycles. The van der Waals surface area contributed by atoms with Crippen molar-refractivity contribution in [2.75, 3.05) is 6.61 Å². The Labute approximate surface area is 122 Å². The van der Waals surface area contributed by atoms with E-state index < -0.39 is 0 Å². The highest BCUT2D eigenvalue weighted by molar-refractivity contribution is 5.72. The molecule has 0 atom stereocenters. The highest BCUT2D eigenvalue weighted by Gasteiger charge is 2.10. The zero-order valence-corrected chi connectivity index (χ0v) is 12.6. The third kappa shape index (κ3) is 6.93. The van der Waals surface area contributed by atoms with Crippen molar-refractivity contribution in [3.8, 4) is 0 Å². The average Bonchev–Trinajstić information content (AvgIpc) is 2.43. The van der Waals surface area contributed by atoms with Gasteiger partial charge in [0.15, 0.2) is 0 Å². The van der Waals surface area contributed by atoms with Crippen LogP contribution in [-0.4, -0.2) is 12.6 Å². The van der Waals surface area contributed by atoms with Crippen LogP contribution in [0, 0.1) is 5.41 Å². The smallest absolute Gasteiger partial charge is 0.310 e. The maximum absolute atomic E-state index is 11.6. The van der Waals surface area contributed by atoms with Crippen LogP contribution in [0.25, 0.3) is 0 Å². The second-order valence-electron chi connectivity index (χ2n) is 5.51. The Balaban J connectivity index is 2.31. The lowest BCUT2D eigenvalue weighted by atomic mass is 9.89. The van der Waals surface area contributed by atoms with E-state index in [0.29, 0.717) is 13.0 Å². The maximum Gasteiger partial charge on any atom is 0.310 e. The topological polar surface area (TPSA) is 26.3 Å². The first kappa shape index (κ1) is 16.2. The number of hydrogen-bond acceptors (Lipinski definition) is 2. The van der Waals surface area contributed by atoms with Crippen molar-refractivity contribution >= 4 is 5.97 Å². The van der Waals surface area contributed by atoms with Crippen LogP contribution in [0.4, 0.5) is 0 Å². The Bertz CT molecular complexity index is 456. The summed E-state index contributed by atoms with van der Waals surface area (Å²) >= 11 is 0. The van der Waals surface area contributed by atoms with E-state index in [-0.39, 0.29) is 11.4 Å². The predicted molar refractivity (Wildman–Crippen MR) is 83.5 cm³/mol. The summed E-state index contributed by atoms with van der Waals surface area (Å²) in [7, 11) is 0. The van der Waals surface area contributed by atoms with E-state index in [1.54, 1.807) is 0 Å². The van der Waals surface area contributed by atoms with Crippen LogP contribution in [0.3, 0.4) is 0 Å². The summed E-state index contributed by atoms with van der Waals surface area (Å²) in [6.07, 6.45) is 9.53. The fourth-order valence-corrected chi connectivity index (χ4v) is 1.81. The lowest BCUT2D eigenvalue weighted by Gasteiger charge is -2.17. The molecule has 0 aliphatic heterocycles. The summed E-state index contributed by atoms with van der Waals surface area (Å²) < 4.78 is 5.20. The second kappa shape index (κ2) is 8.36. The number of carbonyl (C=O) groups excluding carboxylic acids is 1. The van der Waals surface area contributed by atoms with Crippen molar-refractivity contribution in [3.63, 3.8) is 0 Å². The Hall–Kier alpha value is -1.83. The lowest BCUT2D eigenvalue weighted by Crippen LogP contribution is -2.09.